The zero-order valence-electron chi connectivity index (χ0n) is 12.2. The van der Waals surface area contributed by atoms with Gasteiger partial charge in [0.1, 0.15) is 11.9 Å². The summed E-state index contributed by atoms with van der Waals surface area (Å²) < 4.78 is 5.94. The Kier molecular flexibility index (Phi) is 4.64. The molecule has 0 N–H and O–H groups in total. The van der Waals surface area contributed by atoms with Crippen molar-refractivity contribution in [3.8, 4) is 5.75 Å². The molecule has 3 nitrogen and oxygen atoms in total. The van der Waals surface area contributed by atoms with Crippen LogP contribution < -0.4 is 4.74 Å². The van der Waals surface area contributed by atoms with Gasteiger partial charge in [0, 0.05) is 36.5 Å². The highest BCUT2D eigenvalue weighted by atomic mass is 35.5. The number of benzene rings is 2. The fourth-order valence-corrected chi connectivity index (χ4v) is 2.72. The summed E-state index contributed by atoms with van der Waals surface area (Å²) in [6.45, 7) is 1.43. The lowest BCUT2D eigenvalue weighted by molar-refractivity contribution is 0.0595. The van der Waals surface area contributed by atoms with Crippen LogP contribution in [0.15, 0.2) is 48.5 Å². The number of ether oxygens (including phenoxy) is 1. The molecule has 1 aliphatic heterocycles. The van der Waals surface area contributed by atoms with Gasteiger partial charge in [-0.05, 0) is 42.5 Å². The van der Waals surface area contributed by atoms with Crippen molar-refractivity contribution in [3.63, 3.8) is 0 Å². The maximum atomic E-state index is 12.4. The normalized spacial score (nSPS) is 15.6. The smallest absolute Gasteiger partial charge is 0.253 e. The molecule has 0 aromatic heterocycles. The Hall–Kier alpha value is -2.00. The van der Waals surface area contributed by atoms with Crippen molar-refractivity contribution in [1.29, 1.82) is 0 Å². The molecule has 1 fully saturated rings. The summed E-state index contributed by atoms with van der Waals surface area (Å²) in [6.07, 6.45) is 1.82. The van der Waals surface area contributed by atoms with Gasteiger partial charge in [0.05, 0.1) is 0 Å². The first-order chi connectivity index (χ1) is 10.7. The van der Waals surface area contributed by atoms with Gasteiger partial charge >= 0.3 is 0 Å². The van der Waals surface area contributed by atoms with Gasteiger partial charge in [-0.3, -0.25) is 4.79 Å². The van der Waals surface area contributed by atoms with E-state index in [9.17, 15) is 4.79 Å². The summed E-state index contributed by atoms with van der Waals surface area (Å²) in [5.74, 6) is 0.897. The minimum atomic E-state index is 0.0711. The molecule has 113 valence electrons. The summed E-state index contributed by atoms with van der Waals surface area (Å²) in [7, 11) is 0. The summed E-state index contributed by atoms with van der Waals surface area (Å²) in [4.78, 5) is 14.2. The predicted octanol–water partition coefficient (Wildman–Crippen LogP) is 3.82. The topological polar surface area (TPSA) is 29.5 Å². The SMILES string of the molecule is O=C(c1c[c]ccc1)N1CCC(Oc2ccc(Cl)cc2)CC1. The third kappa shape index (κ3) is 3.60. The molecule has 3 rings (SSSR count). The second-order valence-corrected chi connectivity index (χ2v) is 5.79. The Morgan fingerprint density at radius 1 is 1.18 bits per heavy atom. The van der Waals surface area contributed by atoms with E-state index in [1.165, 1.54) is 0 Å². The highest BCUT2D eigenvalue weighted by Crippen LogP contribution is 2.21. The van der Waals surface area contributed by atoms with Crippen molar-refractivity contribution in [1.82, 2.24) is 4.90 Å². The van der Waals surface area contributed by atoms with Crippen molar-refractivity contribution in [2.75, 3.05) is 13.1 Å². The largest absolute Gasteiger partial charge is 0.490 e. The Morgan fingerprint density at radius 2 is 1.91 bits per heavy atom. The summed E-state index contributed by atoms with van der Waals surface area (Å²) in [5, 5.41) is 0.701. The lowest BCUT2D eigenvalue weighted by Gasteiger charge is -2.32. The van der Waals surface area contributed by atoms with Gasteiger partial charge in [0.2, 0.25) is 0 Å². The molecular weight excluding hydrogens is 298 g/mol. The van der Waals surface area contributed by atoms with Crippen LogP contribution in [-0.4, -0.2) is 30.0 Å². The molecule has 0 unspecified atom stereocenters. The first-order valence-corrected chi connectivity index (χ1v) is 7.78. The summed E-state index contributed by atoms with van der Waals surface area (Å²) in [5.41, 5.74) is 0.694. The highest BCUT2D eigenvalue weighted by Gasteiger charge is 2.24. The van der Waals surface area contributed by atoms with Crippen LogP contribution in [0, 0.1) is 6.07 Å². The van der Waals surface area contributed by atoms with Crippen LogP contribution in [0.5, 0.6) is 5.75 Å². The number of rotatable bonds is 3. The van der Waals surface area contributed by atoms with Crippen LogP contribution in [0.4, 0.5) is 0 Å². The lowest BCUT2D eigenvalue weighted by Crippen LogP contribution is -2.41. The molecule has 4 heteroatoms. The third-order valence-electron chi connectivity index (χ3n) is 3.80. The Balaban J connectivity index is 1.54. The molecule has 2 aromatic carbocycles. The molecule has 0 atom stereocenters. The minimum absolute atomic E-state index is 0.0711. The van der Waals surface area contributed by atoms with Crippen molar-refractivity contribution in [2.45, 2.75) is 18.9 Å². The van der Waals surface area contributed by atoms with Crippen LogP contribution in [0.1, 0.15) is 23.2 Å². The first-order valence-electron chi connectivity index (χ1n) is 7.40. The average molecular weight is 315 g/mol. The molecule has 22 heavy (non-hydrogen) atoms. The molecule has 0 spiro atoms. The number of halogens is 1. The van der Waals surface area contributed by atoms with Gasteiger partial charge in [-0.25, -0.2) is 0 Å². The van der Waals surface area contributed by atoms with Gasteiger partial charge in [-0.2, -0.15) is 0 Å². The van der Waals surface area contributed by atoms with E-state index in [1.54, 1.807) is 12.1 Å². The molecule has 2 aromatic rings. The first kappa shape index (κ1) is 14.9. The molecule has 0 aliphatic carbocycles. The van der Waals surface area contributed by atoms with E-state index in [-0.39, 0.29) is 12.0 Å². The summed E-state index contributed by atoms with van der Waals surface area (Å²) in [6, 6.07) is 17.5. The molecule has 1 radical (unpaired) electrons. The number of hydrogen-bond acceptors (Lipinski definition) is 2. The van der Waals surface area contributed by atoms with E-state index in [0.717, 1.165) is 18.6 Å². The number of amides is 1. The van der Waals surface area contributed by atoms with Gasteiger partial charge in [0.15, 0.2) is 0 Å². The Bertz CT molecular complexity index is 619. The molecule has 1 heterocycles. The van der Waals surface area contributed by atoms with Gasteiger partial charge in [0.25, 0.3) is 5.91 Å². The maximum absolute atomic E-state index is 12.4. The lowest BCUT2D eigenvalue weighted by atomic mass is 10.1. The van der Waals surface area contributed by atoms with Crippen LogP contribution in [0.25, 0.3) is 0 Å². The summed E-state index contributed by atoms with van der Waals surface area (Å²) >= 11 is 5.86. The number of carbonyl (C=O) groups is 1. The quantitative estimate of drug-likeness (QED) is 0.862. The fourth-order valence-electron chi connectivity index (χ4n) is 2.59. The van der Waals surface area contributed by atoms with Gasteiger partial charge in [-0.1, -0.05) is 23.7 Å². The number of hydrogen-bond donors (Lipinski definition) is 0. The van der Waals surface area contributed by atoms with E-state index in [4.69, 9.17) is 16.3 Å². The van der Waals surface area contributed by atoms with Crippen LogP contribution in [-0.2, 0) is 0 Å². The molecule has 1 saturated heterocycles. The van der Waals surface area contributed by atoms with Gasteiger partial charge in [-0.15, -0.1) is 0 Å². The zero-order valence-corrected chi connectivity index (χ0v) is 12.9. The molecular formula is C18H17ClNO2. The van der Waals surface area contributed by atoms with E-state index >= 15 is 0 Å². The van der Waals surface area contributed by atoms with Crippen molar-refractivity contribution in [2.24, 2.45) is 0 Å². The van der Waals surface area contributed by atoms with E-state index in [1.807, 2.05) is 41.3 Å². The maximum Gasteiger partial charge on any atom is 0.253 e. The fraction of sp³-hybridized carbons (Fsp3) is 0.278. The molecule has 0 bridgehead atoms. The predicted molar refractivity (Wildman–Crippen MR) is 86.3 cm³/mol. The Labute approximate surface area is 135 Å². The van der Waals surface area contributed by atoms with Crippen molar-refractivity contribution >= 4 is 17.5 Å². The highest BCUT2D eigenvalue weighted by molar-refractivity contribution is 6.30. The number of likely N-dealkylation sites (tertiary alicyclic amines) is 1. The number of nitrogens with zero attached hydrogens (tertiary/aromatic N) is 1. The number of carbonyl (C=O) groups excluding carboxylic acids is 1. The number of piperidine rings is 1. The van der Waals surface area contributed by atoms with Crippen LogP contribution in [0.2, 0.25) is 5.02 Å². The van der Waals surface area contributed by atoms with E-state index in [2.05, 4.69) is 6.07 Å². The average Bonchev–Trinajstić information content (AvgIpc) is 2.58. The van der Waals surface area contributed by atoms with Crippen LogP contribution in [0.3, 0.4) is 0 Å². The second-order valence-electron chi connectivity index (χ2n) is 5.36. The molecule has 0 saturated carbocycles. The second kappa shape index (κ2) is 6.84. The van der Waals surface area contributed by atoms with Crippen LogP contribution >= 0.6 is 11.6 Å². The van der Waals surface area contributed by atoms with Crippen molar-refractivity contribution < 1.29 is 9.53 Å². The molecule has 1 amide bonds. The van der Waals surface area contributed by atoms with E-state index in [0.29, 0.717) is 23.7 Å². The zero-order chi connectivity index (χ0) is 15.4. The molecule has 1 aliphatic rings. The monoisotopic (exact) mass is 314 g/mol. The van der Waals surface area contributed by atoms with Crippen molar-refractivity contribution in [3.05, 3.63) is 65.2 Å². The standard InChI is InChI=1S/C18H17ClNO2/c19-15-6-8-16(9-7-15)22-17-10-12-20(13-11-17)18(21)14-4-2-1-3-5-14/h1-2,4-9,17H,10-13H2. The van der Waals surface area contributed by atoms with E-state index < -0.39 is 0 Å². The Morgan fingerprint density at radius 3 is 2.55 bits per heavy atom. The minimum Gasteiger partial charge on any atom is -0.490 e. The third-order valence-corrected chi connectivity index (χ3v) is 4.05. The van der Waals surface area contributed by atoms with Gasteiger partial charge < -0.3 is 9.64 Å².